The van der Waals surface area contributed by atoms with Crippen molar-refractivity contribution in [3.8, 4) is 22.9 Å². The molecular formula is C17H12F2N2O4. The van der Waals surface area contributed by atoms with Crippen molar-refractivity contribution in [2.24, 2.45) is 0 Å². The van der Waals surface area contributed by atoms with Crippen molar-refractivity contribution in [2.75, 3.05) is 0 Å². The molecule has 8 heteroatoms. The average Bonchev–Trinajstić information content (AvgIpc) is 3.09. The second-order valence-corrected chi connectivity index (χ2v) is 4.89. The Bertz CT molecular complexity index is 850. The van der Waals surface area contributed by atoms with Gasteiger partial charge in [-0.25, -0.2) is 0 Å². The number of alkyl halides is 2. The summed E-state index contributed by atoms with van der Waals surface area (Å²) in [5, 5.41) is 3.81. The van der Waals surface area contributed by atoms with Crippen LogP contribution in [0.25, 0.3) is 11.4 Å². The van der Waals surface area contributed by atoms with Gasteiger partial charge in [0.15, 0.2) is 6.61 Å². The maximum absolute atomic E-state index is 12.1. The first kappa shape index (κ1) is 16.6. The molecule has 6 nitrogen and oxygen atoms in total. The number of halogens is 2. The minimum absolute atomic E-state index is 0.0297. The number of benzene rings is 2. The maximum Gasteiger partial charge on any atom is 0.387 e. The van der Waals surface area contributed by atoms with Gasteiger partial charge in [0.1, 0.15) is 17.8 Å². The van der Waals surface area contributed by atoms with E-state index in [1.165, 1.54) is 12.1 Å². The van der Waals surface area contributed by atoms with Gasteiger partial charge in [-0.1, -0.05) is 17.3 Å². The van der Waals surface area contributed by atoms with Gasteiger partial charge in [0, 0.05) is 11.1 Å². The second kappa shape index (κ2) is 7.52. The molecule has 1 heterocycles. The lowest BCUT2D eigenvalue weighted by atomic mass is 10.2. The van der Waals surface area contributed by atoms with Gasteiger partial charge in [0.2, 0.25) is 5.82 Å². The largest absolute Gasteiger partial charge is 0.484 e. The molecule has 25 heavy (non-hydrogen) atoms. The monoisotopic (exact) mass is 346 g/mol. The third-order valence-corrected chi connectivity index (χ3v) is 3.16. The first-order valence-corrected chi connectivity index (χ1v) is 7.20. The van der Waals surface area contributed by atoms with E-state index in [1.807, 2.05) is 0 Å². The zero-order valence-electron chi connectivity index (χ0n) is 12.8. The topological polar surface area (TPSA) is 74.5 Å². The zero-order chi connectivity index (χ0) is 17.6. The quantitative estimate of drug-likeness (QED) is 0.607. The summed E-state index contributed by atoms with van der Waals surface area (Å²) in [4.78, 5) is 14.9. The van der Waals surface area contributed by atoms with E-state index in [4.69, 9.17) is 9.26 Å². The second-order valence-electron chi connectivity index (χ2n) is 4.89. The van der Waals surface area contributed by atoms with Crippen molar-refractivity contribution in [2.45, 2.75) is 13.2 Å². The number of carbonyl (C=O) groups excluding carboxylic acids is 1. The minimum atomic E-state index is -2.88. The molecule has 0 aliphatic rings. The maximum atomic E-state index is 12.1. The third-order valence-electron chi connectivity index (χ3n) is 3.16. The predicted octanol–water partition coefficient (Wildman–Crippen LogP) is 3.73. The molecule has 3 aromatic rings. The molecular weight excluding hydrogens is 334 g/mol. The molecule has 0 aliphatic heterocycles. The smallest absolute Gasteiger partial charge is 0.387 e. The molecule has 0 saturated carbocycles. The van der Waals surface area contributed by atoms with Crippen molar-refractivity contribution in [3.63, 3.8) is 0 Å². The Labute approximate surface area is 141 Å². The molecule has 0 N–H and O–H groups in total. The van der Waals surface area contributed by atoms with Gasteiger partial charge in [-0.05, 0) is 36.4 Å². The van der Waals surface area contributed by atoms with Crippen LogP contribution >= 0.6 is 0 Å². The molecule has 0 atom stereocenters. The van der Waals surface area contributed by atoms with Crippen molar-refractivity contribution in [1.82, 2.24) is 10.1 Å². The fraction of sp³-hybridized carbons (Fsp3) is 0.118. The van der Waals surface area contributed by atoms with E-state index >= 15 is 0 Å². The Kier molecular flexibility index (Phi) is 4.98. The molecule has 2 aromatic carbocycles. The first-order valence-electron chi connectivity index (χ1n) is 7.20. The number of carbonyl (C=O) groups is 1. The molecule has 0 aliphatic carbocycles. The summed E-state index contributed by atoms with van der Waals surface area (Å²) >= 11 is 0. The van der Waals surface area contributed by atoms with Crippen LogP contribution < -0.4 is 9.47 Å². The number of nitrogens with zero attached hydrogens (tertiary/aromatic N) is 2. The number of aromatic nitrogens is 2. The third kappa shape index (κ3) is 4.37. The number of aldehydes is 1. The van der Waals surface area contributed by atoms with Gasteiger partial charge >= 0.3 is 6.61 Å². The van der Waals surface area contributed by atoms with Crippen molar-refractivity contribution in [3.05, 3.63) is 60.0 Å². The van der Waals surface area contributed by atoms with Gasteiger partial charge in [0.25, 0.3) is 5.89 Å². The highest BCUT2D eigenvalue weighted by atomic mass is 19.3. The Morgan fingerprint density at radius 2 is 1.92 bits per heavy atom. The highest BCUT2D eigenvalue weighted by Crippen LogP contribution is 2.21. The summed E-state index contributed by atoms with van der Waals surface area (Å²) in [6.45, 7) is -2.85. The Balaban J connectivity index is 1.64. The van der Waals surface area contributed by atoms with Crippen molar-refractivity contribution in [1.29, 1.82) is 0 Å². The van der Waals surface area contributed by atoms with Crippen LogP contribution in [0.2, 0.25) is 0 Å². The van der Waals surface area contributed by atoms with Crippen LogP contribution in [0.4, 0.5) is 8.78 Å². The van der Waals surface area contributed by atoms with Gasteiger partial charge < -0.3 is 14.0 Å². The summed E-state index contributed by atoms with van der Waals surface area (Å²) in [5.74, 6) is 1.07. The van der Waals surface area contributed by atoms with Crippen LogP contribution in [0.5, 0.6) is 11.5 Å². The fourth-order valence-corrected chi connectivity index (χ4v) is 2.04. The highest BCUT2D eigenvalue weighted by Gasteiger charge is 2.10. The van der Waals surface area contributed by atoms with E-state index in [0.717, 1.165) is 6.29 Å². The molecule has 128 valence electrons. The number of rotatable bonds is 7. The molecule has 0 bridgehead atoms. The zero-order valence-corrected chi connectivity index (χ0v) is 12.8. The van der Waals surface area contributed by atoms with E-state index in [9.17, 15) is 13.6 Å². The minimum Gasteiger partial charge on any atom is -0.484 e. The SMILES string of the molecule is O=Cc1cccc(OCc2nc(-c3ccc(OC(F)F)cc3)no2)c1. The summed E-state index contributed by atoms with van der Waals surface area (Å²) in [6, 6.07) is 12.5. The van der Waals surface area contributed by atoms with Crippen LogP contribution in [-0.2, 0) is 6.61 Å². The van der Waals surface area contributed by atoms with E-state index in [2.05, 4.69) is 14.9 Å². The fourth-order valence-electron chi connectivity index (χ4n) is 2.04. The predicted molar refractivity (Wildman–Crippen MR) is 82.5 cm³/mol. The molecule has 3 rings (SSSR count). The molecule has 0 spiro atoms. The van der Waals surface area contributed by atoms with E-state index in [-0.39, 0.29) is 18.2 Å². The number of hydrogen-bond acceptors (Lipinski definition) is 6. The number of hydrogen-bond donors (Lipinski definition) is 0. The molecule has 1 aromatic heterocycles. The van der Waals surface area contributed by atoms with Crippen LogP contribution in [0, 0.1) is 0 Å². The van der Waals surface area contributed by atoms with Gasteiger partial charge in [-0.15, -0.1) is 0 Å². The van der Waals surface area contributed by atoms with Crippen LogP contribution in [0.1, 0.15) is 16.2 Å². The summed E-state index contributed by atoms with van der Waals surface area (Å²) in [5.41, 5.74) is 1.08. The molecule has 0 radical (unpaired) electrons. The number of ether oxygens (including phenoxy) is 2. The Hall–Kier alpha value is -3.29. The van der Waals surface area contributed by atoms with Gasteiger partial charge in [-0.3, -0.25) is 4.79 Å². The summed E-state index contributed by atoms with van der Waals surface area (Å²) in [6.07, 6.45) is 0.721. The van der Waals surface area contributed by atoms with Crippen LogP contribution in [-0.4, -0.2) is 23.0 Å². The Morgan fingerprint density at radius 3 is 2.64 bits per heavy atom. The lowest BCUT2D eigenvalue weighted by molar-refractivity contribution is -0.0498. The van der Waals surface area contributed by atoms with Gasteiger partial charge in [-0.2, -0.15) is 13.8 Å². The standard InChI is InChI=1S/C17H12F2N2O4/c18-17(19)24-13-6-4-12(5-7-13)16-20-15(25-21-16)10-23-14-3-1-2-11(8-14)9-22/h1-9,17H,10H2. The highest BCUT2D eigenvalue weighted by molar-refractivity contribution is 5.75. The van der Waals surface area contributed by atoms with Crippen LogP contribution in [0.15, 0.2) is 53.1 Å². The van der Waals surface area contributed by atoms with E-state index in [1.54, 1.807) is 36.4 Å². The molecule has 0 saturated heterocycles. The van der Waals surface area contributed by atoms with Crippen molar-refractivity contribution >= 4 is 6.29 Å². The first-order chi connectivity index (χ1) is 12.1. The lowest BCUT2D eigenvalue weighted by Crippen LogP contribution is -2.01. The Morgan fingerprint density at radius 1 is 1.12 bits per heavy atom. The molecule has 0 fully saturated rings. The molecule has 0 amide bonds. The summed E-state index contributed by atoms with van der Waals surface area (Å²) < 4.78 is 39.1. The van der Waals surface area contributed by atoms with E-state index < -0.39 is 6.61 Å². The van der Waals surface area contributed by atoms with Gasteiger partial charge in [0.05, 0.1) is 0 Å². The normalized spacial score (nSPS) is 10.7. The van der Waals surface area contributed by atoms with Crippen molar-refractivity contribution < 1.29 is 27.6 Å². The average molecular weight is 346 g/mol. The molecule has 0 unspecified atom stereocenters. The van der Waals surface area contributed by atoms with Crippen LogP contribution in [0.3, 0.4) is 0 Å². The lowest BCUT2D eigenvalue weighted by Gasteiger charge is -2.03. The summed E-state index contributed by atoms with van der Waals surface area (Å²) in [7, 11) is 0. The van der Waals surface area contributed by atoms with E-state index in [0.29, 0.717) is 22.7 Å².